The summed E-state index contributed by atoms with van der Waals surface area (Å²) in [7, 11) is 0. The van der Waals surface area contributed by atoms with Crippen molar-refractivity contribution in [1.29, 1.82) is 0 Å². The van der Waals surface area contributed by atoms with Crippen LogP contribution in [0.1, 0.15) is 17.1 Å². The summed E-state index contributed by atoms with van der Waals surface area (Å²) in [6.45, 7) is 0.638. The van der Waals surface area contributed by atoms with Gasteiger partial charge in [0, 0.05) is 28.6 Å². The van der Waals surface area contributed by atoms with Gasteiger partial charge >= 0.3 is 0 Å². The summed E-state index contributed by atoms with van der Waals surface area (Å²) < 4.78 is 1.12. The van der Waals surface area contributed by atoms with Crippen molar-refractivity contribution in [2.75, 3.05) is 6.54 Å². The molecular formula is C12H12BrN3. The number of rotatable bonds is 2. The Morgan fingerprint density at radius 3 is 3.12 bits per heavy atom. The topological polar surface area (TPSA) is 54.7 Å². The molecule has 1 heterocycles. The number of halogens is 1. The first-order valence-electron chi connectivity index (χ1n) is 5.34. The summed E-state index contributed by atoms with van der Waals surface area (Å²) >= 11 is 3.49. The lowest BCUT2D eigenvalue weighted by Gasteiger charge is -1.99. The van der Waals surface area contributed by atoms with E-state index in [0.29, 0.717) is 6.54 Å². The Morgan fingerprint density at radius 2 is 2.31 bits per heavy atom. The number of aromatic nitrogens is 2. The Balaban J connectivity index is 2.06. The van der Waals surface area contributed by atoms with E-state index in [1.807, 2.05) is 0 Å². The maximum absolute atomic E-state index is 5.53. The highest BCUT2D eigenvalue weighted by atomic mass is 79.9. The molecule has 0 bridgehead atoms. The summed E-state index contributed by atoms with van der Waals surface area (Å²) in [6, 6.07) is 6.34. The molecule has 0 spiro atoms. The van der Waals surface area contributed by atoms with Gasteiger partial charge in [0.2, 0.25) is 0 Å². The quantitative estimate of drug-likeness (QED) is 0.755. The number of nitrogens with two attached hydrogens (primary N) is 1. The lowest BCUT2D eigenvalue weighted by molar-refractivity contribution is 0.886. The van der Waals surface area contributed by atoms with Gasteiger partial charge in [-0.1, -0.05) is 22.0 Å². The number of hydrogen-bond acceptors (Lipinski definition) is 2. The number of H-pyrrole nitrogens is 1. The van der Waals surface area contributed by atoms with E-state index in [-0.39, 0.29) is 0 Å². The predicted molar refractivity (Wildman–Crippen MR) is 67.3 cm³/mol. The van der Waals surface area contributed by atoms with Crippen LogP contribution in [0.3, 0.4) is 0 Å². The molecule has 3 nitrogen and oxygen atoms in total. The van der Waals surface area contributed by atoms with Gasteiger partial charge in [0.25, 0.3) is 0 Å². The highest BCUT2D eigenvalue weighted by Crippen LogP contribution is 2.36. The van der Waals surface area contributed by atoms with Gasteiger partial charge in [-0.3, -0.25) is 0 Å². The Bertz CT molecular complexity index is 545. The monoisotopic (exact) mass is 277 g/mol. The molecule has 0 fully saturated rings. The predicted octanol–water partition coefficient (Wildman–Crippen LogP) is 2.24. The third-order valence-corrected chi connectivity index (χ3v) is 3.39. The normalized spacial score (nSPS) is 12.6. The minimum Gasteiger partial charge on any atom is -0.345 e. The highest BCUT2D eigenvalue weighted by Gasteiger charge is 2.22. The van der Waals surface area contributed by atoms with E-state index in [4.69, 9.17) is 5.73 Å². The Labute approximate surface area is 102 Å². The van der Waals surface area contributed by atoms with E-state index in [1.54, 1.807) is 0 Å². The molecule has 16 heavy (non-hydrogen) atoms. The number of aromatic amines is 1. The molecule has 0 radical (unpaired) electrons. The maximum Gasteiger partial charge on any atom is 0.108 e. The van der Waals surface area contributed by atoms with Crippen LogP contribution in [-0.4, -0.2) is 16.5 Å². The van der Waals surface area contributed by atoms with Crippen LogP contribution in [0.15, 0.2) is 22.7 Å². The minimum atomic E-state index is 0.638. The van der Waals surface area contributed by atoms with Crippen LogP contribution in [0.5, 0.6) is 0 Å². The number of hydrogen-bond donors (Lipinski definition) is 2. The van der Waals surface area contributed by atoms with Gasteiger partial charge in [0.15, 0.2) is 0 Å². The van der Waals surface area contributed by atoms with Crippen LogP contribution in [0.4, 0.5) is 0 Å². The fourth-order valence-electron chi connectivity index (χ4n) is 2.20. The summed E-state index contributed by atoms with van der Waals surface area (Å²) in [6.07, 6.45) is 1.76. The lowest BCUT2D eigenvalue weighted by atomic mass is 10.1. The third-order valence-electron chi connectivity index (χ3n) is 2.90. The molecule has 3 rings (SSSR count). The number of nitrogens with zero attached hydrogens (tertiary/aromatic N) is 1. The van der Waals surface area contributed by atoms with Gasteiger partial charge in [0.1, 0.15) is 5.82 Å². The van der Waals surface area contributed by atoms with Crippen molar-refractivity contribution < 1.29 is 0 Å². The zero-order chi connectivity index (χ0) is 11.1. The van der Waals surface area contributed by atoms with Crippen LogP contribution in [0.2, 0.25) is 0 Å². The van der Waals surface area contributed by atoms with E-state index < -0.39 is 0 Å². The van der Waals surface area contributed by atoms with Crippen LogP contribution in [0.25, 0.3) is 11.3 Å². The van der Waals surface area contributed by atoms with E-state index in [0.717, 1.165) is 28.8 Å². The molecule has 3 N–H and O–H groups in total. The van der Waals surface area contributed by atoms with E-state index in [2.05, 4.69) is 44.1 Å². The fraction of sp³-hybridized carbons (Fsp3) is 0.250. The molecule has 0 atom stereocenters. The molecule has 82 valence electrons. The zero-order valence-electron chi connectivity index (χ0n) is 8.76. The van der Waals surface area contributed by atoms with Crippen molar-refractivity contribution in [3.8, 4) is 11.3 Å². The molecule has 1 aliphatic carbocycles. The fourth-order valence-corrected chi connectivity index (χ4v) is 2.61. The van der Waals surface area contributed by atoms with Crippen molar-refractivity contribution in [2.24, 2.45) is 5.73 Å². The van der Waals surface area contributed by atoms with Crippen LogP contribution >= 0.6 is 15.9 Å². The molecule has 1 aliphatic rings. The molecular weight excluding hydrogens is 266 g/mol. The number of imidazole rings is 1. The van der Waals surface area contributed by atoms with Crippen molar-refractivity contribution in [1.82, 2.24) is 9.97 Å². The summed E-state index contributed by atoms with van der Waals surface area (Å²) in [5.74, 6) is 1.00. The Hall–Kier alpha value is -1.13. The largest absolute Gasteiger partial charge is 0.345 e. The summed E-state index contributed by atoms with van der Waals surface area (Å²) in [4.78, 5) is 7.96. The molecule has 1 aromatic carbocycles. The van der Waals surface area contributed by atoms with Crippen molar-refractivity contribution in [3.63, 3.8) is 0 Å². The SMILES string of the molecule is NCCc1nc2c([nH]1)Cc1cc(Br)ccc1-2. The molecule has 0 unspecified atom stereocenters. The van der Waals surface area contributed by atoms with Crippen LogP contribution in [-0.2, 0) is 12.8 Å². The maximum atomic E-state index is 5.53. The smallest absolute Gasteiger partial charge is 0.108 e. The molecule has 1 aromatic heterocycles. The summed E-state index contributed by atoms with van der Waals surface area (Å²) in [5.41, 5.74) is 10.4. The van der Waals surface area contributed by atoms with E-state index in [9.17, 15) is 0 Å². The van der Waals surface area contributed by atoms with Gasteiger partial charge in [-0.25, -0.2) is 4.98 Å². The molecule has 0 amide bonds. The molecule has 0 saturated heterocycles. The number of fused-ring (bicyclic) bond motifs is 3. The first kappa shape index (κ1) is 10.1. The number of benzene rings is 1. The van der Waals surface area contributed by atoms with Crippen LogP contribution < -0.4 is 5.73 Å². The van der Waals surface area contributed by atoms with Gasteiger partial charge in [0.05, 0.1) is 5.69 Å². The van der Waals surface area contributed by atoms with Gasteiger partial charge in [-0.15, -0.1) is 0 Å². The minimum absolute atomic E-state index is 0.638. The molecule has 0 saturated carbocycles. The third kappa shape index (κ3) is 1.49. The first-order valence-corrected chi connectivity index (χ1v) is 6.14. The highest BCUT2D eigenvalue weighted by molar-refractivity contribution is 9.10. The van der Waals surface area contributed by atoms with Gasteiger partial charge in [-0.05, 0) is 24.2 Å². The van der Waals surface area contributed by atoms with Gasteiger partial charge < -0.3 is 10.7 Å². The van der Waals surface area contributed by atoms with Crippen molar-refractivity contribution in [3.05, 3.63) is 39.8 Å². The van der Waals surface area contributed by atoms with Crippen LogP contribution in [0, 0.1) is 0 Å². The average Bonchev–Trinajstić information content (AvgIpc) is 2.74. The lowest BCUT2D eigenvalue weighted by Crippen LogP contribution is -2.04. The summed E-state index contributed by atoms with van der Waals surface area (Å²) in [5, 5.41) is 0. The Kier molecular flexibility index (Phi) is 2.33. The van der Waals surface area contributed by atoms with E-state index in [1.165, 1.54) is 16.8 Å². The van der Waals surface area contributed by atoms with Crippen molar-refractivity contribution >= 4 is 15.9 Å². The molecule has 0 aliphatic heterocycles. The van der Waals surface area contributed by atoms with E-state index >= 15 is 0 Å². The number of nitrogens with one attached hydrogen (secondary N) is 1. The molecule has 4 heteroatoms. The second kappa shape index (κ2) is 3.71. The first-order chi connectivity index (χ1) is 7.78. The zero-order valence-corrected chi connectivity index (χ0v) is 10.3. The Morgan fingerprint density at radius 1 is 1.44 bits per heavy atom. The second-order valence-electron chi connectivity index (χ2n) is 4.03. The molecule has 2 aromatic rings. The van der Waals surface area contributed by atoms with Gasteiger partial charge in [-0.2, -0.15) is 0 Å². The average molecular weight is 278 g/mol. The standard InChI is InChI=1S/C12H12BrN3/c13-8-1-2-9-7(5-8)6-10-12(9)16-11(15-10)3-4-14/h1-2,5H,3-4,6,14H2,(H,15,16). The second-order valence-corrected chi connectivity index (χ2v) is 4.94. The van der Waals surface area contributed by atoms with Crippen molar-refractivity contribution in [2.45, 2.75) is 12.8 Å².